The third-order valence-electron chi connectivity index (χ3n) is 3.98. The predicted molar refractivity (Wildman–Crippen MR) is 96.2 cm³/mol. The lowest BCUT2D eigenvalue weighted by atomic mass is 9.99. The predicted octanol–water partition coefficient (Wildman–Crippen LogP) is 4.29. The maximum Gasteiger partial charge on any atom is 0.233 e. The van der Waals surface area contributed by atoms with Crippen LogP contribution in [0.5, 0.6) is 0 Å². The highest BCUT2D eigenvalue weighted by atomic mass is 32.2. The summed E-state index contributed by atoms with van der Waals surface area (Å²) in [4.78, 5) is 18.6. The number of amides is 1. The quantitative estimate of drug-likeness (QED) is 0.840. The average molecular weight is 326 g/mol. The number of thioether (sulfide) groups is 1. The van der Waals surface area contributed by atoms with Crippen molar-refractivity contribution in [2.24, 2.45) is 5.92 Å². The van der Waals surface area contributed by atoms with E-state index in [-0.39, 0.29) is 11.3 Å². The van der Waals surface area contributed by atoms with E-state index in [0.29, 0.717) is 11.7 Å². The van der Waals surface area contributed by atoms with Crippen LogP contribution in [-0.4, -0.2) is 28.1 Å². The molecule has 2 heterocycles. The van der Waals surface area contributed by atoms with Crippen LogP contribution in [0.25, 0.3) is 11.1 Å². The lowest BCUT2D eigenvalue weighted by molar-refractivity contribution is -0.128. The topological polar surface area (TPSA) is 33.2 Å². The molecule has 3 nitrogen and oxygen atoms in total. The number of aryl methyl sites for hydroxylation is 1. The molecule has 23 heavy (non-hydrogen) atoms. The summed E-state index contributed by atoms with van der Waals surface area (Å²) < 4.78 is 0. The van der Waals surface area contributed by atoms with Crippen LogP contribution >= 0.6 is 11.8 Å². The zero-order chi connectivity index (χ0) is 16.4. The first kappa shape index (κ1) is 16.1. The van der Waals surface area contributed by atoms with Gasteiger partial charge in [0.15, 0.2) is 0 Å². The second-order valence-electron chi connectivity index (χ2n) is 6.44. The molecule has 0 bridgehead atoms. The summed E-state index contributed by atoms with van der Waals surface area (Å²) in [5.41, 5.74) is 4.73. The molecular formula is C19H22N2OS. The van der Waals surface area contributed by atoms with Crippen molar-refractivity contribution in [2.75, 3.05) is 12.3 Å². The zero-order valence-electron chi connectivity index (χ0n) is 13.8. The number of benzene rings is 1. The van der Waals surface area contributed by atoms with Crippen LogP contribution in [0.15, 0.2) is 42.7 Å². The molecule has 0 N–H and O–H groups in total. The van der Waals surface area contributed by atoms with E-state index < -0.39 is 0 Å². The second kappa shape index (κ2) is 6.75. The summed E-state index contributed by atoms with van der Waals surface area (Å²) in [6.07, 6.45) is 3.75. The molecule has 3 rings (SSSR count). The van der Waals surface area contributed by atoms with Crippen molar-refractivity contribution in [3.05, 3.63) is 53.9 Å². The fourth-order valence-electron chi connectivity index (χ4n) is 2.98. The Kier molecular flexibility index (Phi) is 4.71. The van der Waals surface area contributed by atoms with Crippen LogP contribution in [0.4, 0.5) is 0 Å². The molecule has 1 amide bonds. The van der Waals surface area contributed by atoms with E-state index in [4.69, 9.17) is 0 Å². The van der Waals surface area contributed by atoms with Gasteiger partial charge < -0.3 is 4.90 Å². The molecule has 1 saturated heterocycles. The summed E-state index contributed by atoms with van der Waals surface area (Å²) in [5.74, 6) is 1.24. The number of hydrogen-bond acceptors (Lipinski definition) is 3. The number of aromatic nitrogens is 1. The highest BCUT2D eigenvalue weighted by Gasteiger charge is 2.34. The minimum atomic E-state index is 0.0640. The van der Waals surface area contributed by atoms with Crippen LogP contribution < -0.4 is 0 Å². The Hall–Kier alpha value is -1.81. The molecule has 1 aromatic carbocycles. The van der Waals surface area contributed by atoms with Crippen molar-refractivity contribution in [1.29, 1.82) is 0 Å². The monoisotopic (exact) mass is 326 g/mol. The lowest BCUT2D eigenvalue weighted by Crippen LogP contribution is -2.31. The van der Waals surface area contributed by atoms with Crippen LogP contribution in [0, 0.1) is 12.8 Å². The van der Waals surface area contributed by atoms with Crippen LogP contribution in [0.2, 0.25) is 0 Å². The smallest absolute Gasteiger partial charge is 0.233 e. The van der Waals surface area contributed by atoms with Gasteiger partial charge in [-0.2, -0.15) is 0 Å². The summed E-state index contributed by atoms with van der Waals surface area (Å²) in [7, 11) is 0. The Morgan fingerprint density at radius 1 is 1.35 bits per heavy atom. The Balaban J connectivity index is 2.02. The van der Waals surface area contributed by atoms with Crippen molar-refractivity contribution >= 4 is 17.7 Å². The van der Waals surface area contributed by atoms with Crippen LogP contribution in [0.1, 0.15) is 30.3 Å². The van der Waals surface area contributed by atoms with Crippen LogP contribution in [0.3, 0.4) is 0 Å². The SMILES string of the molecule is Cc1cccc(-c2ccncc2C2SCC(=O)N2CC(C)C)c1. The van der Waals surface area contributed by atoms with Crippen LogP contribution in [-0.2, 0) is 4.79 Å². The first-order valence-corrected chi connectivity index (χ1v) is 9.03. The molecule has 2 aromatic rings. The standard InChI is InChI=1S/C19H22N2OS/c1-13(2)11-21-18(22)12-23-19(21)17-10-20-8-7-16(17)15-6-4-5-14(3)9-15/h4-10,13,19H,11-12H2,1-3H3. The van der Waals surface area contributed by atoms with Gasteiger partial charge in [0.05, 0.1) is 5.75 Å². The lowest BCUT2D eigenvalue weighted by Gasteiger charge is -2.27. The molecule has 1 unspecified atom stereocenters. The van der Waals surface area contributed by atoms with Crippen molar-refractivity contribution in [3.8, 4) is 11.1 Å². The number of hydrogen-bond donors (Lipinski definition) is 0. The number of carbonyl (C=O) groups excluding carboxylic acids is 1. The minimum Gasteiger partial charge on any atom is -0.325 e. The van der Waals surface area contributed by atoms with Gasteiger partial charge in [0.2, 0.25) is 5.91 Å². The van der Waals surface area contributed by atoms with Gasteiger partial charge in [-0.25, -0.2) is 0 Å². The summed E-state index contributed by atoms with van der Waals surface area (Å²) in [5, 5.41) is 0.0640. The van der Waals surface area contributed by atoms with Crippen molar-refractivity contribution in [2.45, 2.75) is 26.1 Å². The second-order valence-corrected chi connectivity index (χ2v) is 7.50. The molecule has 1 aliphatic rings. The van der Waals surface area contributed by atoms with E-state index >= 15 is 0 Å². The Bertz CT molecular complexity index is 714. The maximum absolute atomic E-state index is 12.3. The highest BCUT2D eigenvalue weighted by molar-refractivity contribution is 8.00. The van der Waals surface area contributed by atoms with E-state index in [9.17, 15) is 4.79 Å². The number of nitrogens with zero attached hydrogens (tertiary/aromatic N) is 2. The van der Waals surface area contributed by atoms with Gasteiger partial charge in [0, 0.05) is 24.5 Å². The van der Waals surface area contributed by atoms with Gasteiger partial charge in [0.25, 0.3) is 0 Å². The molecule has 1 fully saturated rings. The fourth-order valence-corrected chi connectivity index (χ4v) is 4.20. The molecule has 1 atom stereocenters. The van der Waals surface area contributed by atoms with Gasteiger partial charge in [-0.05, 0) is 30.0 Å². The Morgan fingerprint density at radius 2 is 2.17 bits per heavy atom. The summed E-state index contributed by atoms with van der Waals surface area (Å²) in [6, 6.07) is 10.5. The number of pyridine rings is 1. The summed E-state index contributed by atoms with van der Waals surface area (Å²) >= 11 is 1.70. The molecule has 0 spiro atoms. The molecule has 1 aliphatic heterocycles. The number of rotatable bonds is 4. The molecule has 120 valence electrons. The largest absolute Gasteiger partial charge is 0.325 e. The first-order valence-electron chi connectivity index (χ1n) is 7.98. The molecule has 0 radical (unpaired) electrons. The van der Waals surface area contributed by atoms with Gasteiger partial charge >= 0.3 is 0 Å². The fraction of sp³-hybridized carbons (Fsp3) is 0.368. The first-order chi connectivity index (χ1) is 11.1. The Labute approximate surface area is 142 Å². The van der Waals surface area contributed by atoms with Crippen molar-refractivity contribution in [1.82, 2.24) is 9.88 Å². The molecule has 1 aromatic heterocycles. The normalized spacial score (nSPS) is 18.0. The maximum atomic E-state index is 12.3. The third-order valence-corrected chi connectivity index (χ3v) is 5.21. The minimum absolute atomic E-state index is 0.0640. The summed E-state index contributed by atoms with van der Waals surface area (Å²) in [6.45, 7) is 7.19. The van der Waals surface area contributed by atoms with E-state index in [1.54, 1.807) is 11.8 Å². The zero-order valence-corrected chi connectivity index (χ0v) is 14.6. The van der Waals surface area contributed by atoms with Gasteiger partial charge in [-0.15, -0.1) is 11.8 Å². The molecular weight excluding hydrogens is 304 g/mol. The van der Waals surface area contributed by atoms with Gasteiger partial charge in [-0.3, -0.25) is 9.78 Å². The highest BCUT2D eigenvalue weighted by Crippen LogP contribution is 2.42. The third kappa shape index (κ3) is 3.42. The van der Waals surface area contributed by atoms with Crippen molar-refractivity contribution in [3.63, 3.8) is 0 Å². The van der Waals surface area contributed by atoms with Gasteiger partial charge in [0.1, 0.15) is 5.37 Å². The van der Waals surface area contributed by atoms with E-state index in [1.165, 1.54) is 16.7 Å². The molecule has 0 saturated carbocycles. The molecule has 0 aliphatic carbocycles. The van der Waals surface area contributed by atoms with E-state index in [2.05, 4.69) is 56.1 Å². The molecule has 4 heteroatoms. The van der Waals surface area contributed by atoms with Crippen molar-refractivity contribution < 1.29 is 4.79 Å². The van der Waals surface area contributed by atoms with E-state index in [1.807, 2.05) is 17.3 Å². The van der Waals surface area contributed by atoms with E-state index in [0.717, 1.165) is 12.1 Å². The Morgan fingerprint density at radius 3 is 2.91 bits per heavy atom. The van der Waals surface area contributed by atoms with Gasteiger partial charge in [-0.1, -0.05) is 43.7 Å². The average Bonchev–Trinajstić information content (AvgIpc) is 2.88. The number of carbonyl (C=O) groups is 1.